The standard InChI is InChI=1S/C16H23N3O5/c1-10(2)19-15(21)6-7-18-16(22)11-4-5-12(13(8-11)23-3)24-9-14(17)20/h4-5,8,10H,6-7,9H2,1-3H3,(H2,17,20)(H,18,22)(H,19,21). The molecule has 0 saturated carbocycles. The van der Waals surface area contributed by atoms with Gasteiger partial charge >= 0.3 is 0 Å². The van der Waals surface area contributed by atoms with Crippen LogP contribution in [0.4, 0.5) is 0 Å². The highest BCUT2D eigenvalue weighted by atomic mass is 16.5. The van der Waals surface area contributed by atoms with Gasteiger partial charge in [-0.15, -0.1) is 0 Å². The van der Waals surface area contributed by atoms with Crippen LogP contribution in [-0.2, 0) is 9.59 Å². The van der Waals surface area contributed by atoms with Gasteiger partial charge in [-0.3, -0.25) is 14.4 Å². The van der Waals surface area contributed by atoms with Crippen LogP contribution in [0.5, 0.6) is 11.5 Å². The Morgan fingerprint density at radius 2 is 1.92 bits per heavy atom. The Hall–Kier alpha value is -2.77. The second kappa shape index (κ2) is 9.39. The molecule has 24 heavy (non-hydrogen) atoms. The summed E-state index contributed by atoms with van der Waals surface area (Å²) in [5, 5.41) is 5.39. The van der Waals surface area contributed by atoms with E-state index in [0.717, 1.165) is 0 Å². The number of amides is 3. The van der Waals surface area contributed by atoms with Gasteiger partial charge in [-0.1, -0.05) is 0 Å². The van der Waals surface area contributed by atoms with E-state index >= 15 is 0 Å². The Morgan fingerprint density at radius 1 is 1.21 bits per heavy atom. The first-order valence-corrected chi connectivity index (χ1v) is 7.50. The van der Waals surface area contributed by atoms with E-state index in [-0.39, 0.29) is 37.4 Å². The van der Waals surface area contributed by atoms with Crippen LogP contribution >= 0.6 is 0 Å². The van der Waals surface area contributed by atoms with E-state index in [1.165, 1.54) is 25.3 Å². The maximum Gasteiger partial charge on any atom is 0.255 e. The molecular weight excluding hydrogens is 314 g/mol. The Bertz CT molecular complexity index is 601. The van der Waals surface area contributed by atoms with Crippen molar-refractivity contribution in [1.82, 2.24) is 10.6 Å². The molecule has 1 aromatic carbocycles. The predicted molar refractivity (Wildman–Crippen MR) is 87.9 cm³/mol. The topological polar surface area (TPSA) is 120 Å². The summed E-state index contributed by atoms with van der Waals surface area (Å²) < 4.78 is 10.3. The molecule has 0 aromatic heterocycles. The SMILES string of the molecule is COc1cc(C(=O)NCCC(=O)NC(C)C)ccc1OCC(N)=O. The minimum absolute atomic E-state index is 0.0606. The van der Waals surface area contributed by atoms with E-state index in [0.29, 0.717) is 17.1 Å². The zero-order valence-corrected chi connectivity index (χ0v) is 14.0. The van der Waals surface area contributed by atoms with Gasteiger partial charge in [0.05, 0.1) is 7.11 Å². The highest BCUT2D eigenvalue weighted by molar-refractivity contribution is 5.95. The van der Waals surface area contributed by atoms with Crippen molar-refractivity contribution < 1.29 is 23.9 Å². The number of methoxy groups -OCH3 is 1. The monoisotopic (exact) mass is 337 g/mol. The summed E-state index contributed by atoms with van der Waals surface area (Å²) in [6, 6.07) is 4.59. The average Bonchev–Trinajstić information content (AvgIpc) is 2.51. The molecule has 0 saturated heterocycles. The lowest BCUT2D eigenvalue weighted by Crippen LogP contribution is -2.34. The Balaban J connectivity index is 2.61. The van der Waals surface area contributed by atoms with E-state index in [1.807, 2.05) is 13.8 Å². The number of hydrogen-bond donors (Lipinski definition) is 3. The number of rotatable bonds is 9. The first-order chi connectivity index (χ1) is 11.3. The van der Waals surface area contributed by atoms with Gasteiger partial charge in [0.1, 0.15) is 0 Å². The second-order valence-electron chi connectivity index (χ2n) is 5.35. The maximum atomic E-state index is 12.1. The molecule has 0 unspecified atom stereocenters. The lowest BCUT2D eigenvalue weighted by molar-refractivity contribution is -0.121. The fourth-order valence-electron chi connectivity index (χ4n) is 1.86. The molecule has 0 spiro atoms. The van der Waals surface area contributed by atoms with Crippen LogP contribution in [0.15, 0.2) is 18.2 Å². The molecular formula is C16H23N3O5. The highest BCUT2D eigenvalue weighted by Crippen LogP contribution is 2.27. The number of nitrogens with one attached hydrogen (secondary N) is 2. The molecule has 0 bridgehead atoms. The molecule has 0 fully saturated rings. The summed E-state index contributed by atoms with van der Waals surface area (Å²) in [5.41, 5.74) is 5.37. The Kier molecular flexibility index (Phi) is 7.54. The van der Waals surface area contributed by atoms with Crippen molar-refractivity contribution >= 4 is 17.7 Å². The molecule has 0 heterocycles. The zero-order valence-electron chi connectivity index (χ0n) is 14.0. The molecule has 1 aromatic rings. The molecule has 8 heteroatoms. The maximum absolute atomic E-state index is 12.1. The van der Waals surface area contributed by atoms with Gasteiger partial charge < -0.3 is 25.8 Å². The van der Waals surface area contributed by atoms with Crippen molar-refractivity contribution in [2.45, 2.75) is 26.3 Å². The lowest BCUT2D eigenvalue weighted by Gasteiger charge is -2.12. The summed E-state index contributed by atoms with van der Waals surface area (Å²) in [5.74, 6) is -0.464. The minimum Gasteiger partial charge on any atom is -0.493 e. The van der Waals surface area contributed by atoms with Crippen molar-refractivity contribution in [3.05, 3.63) is 23.8 Å². The first kappa shape index (κ1) is 19.3. The molecule has 0 aliphatic rings. The molecule has 1 rings (SSSR count). The van der Waals surface area contributed by atoms with Gasteiger partial charge in [-0.2, -0.15) is 0 Å². The molecule has 3 amide bonds. The van der Waals surface area contributed by atoms with Crippen molar-refractivity contribution in [1.29, 1.82) is 0 Å². The quantitative estimate of drug-likeness (QED) is 0.595. The van der Waals surface area contributed by atoms with Gasteiger partial charge in [0.2, 0.25) is 5.91 Å². The van der Waals surface area contributed by atoms with Crippen molar-refractivity contribution in [3.8, 4) is 11.5 Å². The second-order valence-corrected chi connectivity index (χ2v) is 5.35. The van der Waals surface area contributed by atoms with E-state index in [1.54, 1.807) is 0 Å². The Labute approximate surface area is 140 Å². The summed E-state index contributed by atoms with van der Waals surface area (Å²) in [6.07, 6.45) is 0.195. The highest BCUT2D eigenvalue weighted by Gasteiger charge is 2.12. The van der Waals surface area contributed by atoms with Crippen molar-refractivity contribution in [2.75, 3.05) is 20.3 Å². The van der Waals surface area contributed by atoms with Crippen LogP contribution in [-0.4, -0.2) is 44.0 Å². The third-order valence-corrected chi connectivity index (χ3v) is 2.88. The molecule has 0 radical (unpaired) electrons. The van der Waals surface area contributed by atoms with E-state index in [4.69, 9.17) is 15.2 Å². The van der Waals surface area contributed by atoms with Crippen molar-refractivity contribution in [2.24, 2.45) is 5.73 Å². The molecule has 8 nitrogen and oxygen atoms in total. The number of benzene rings is 1. The molecule has 132 valence electrons. The van der Waals surface area contributed by atoms with Gasteiger partial charge in [0, 0.05) is 24.6 Å². The van der Waals surface area contributed by atoms with E-state index in [9.17, 15) is 14.4 Å². The molecule has 0 aliphatic heterocycles. The normalized spacial score (nSPS) is 10.2. The van der Waals surface area contributed by atoms with Gasteiger partial charge in [-0.25, -0.2) is 0 Å². The summed E-state index contributed by atoms with van der Waals surface area (Å²) in [4.78, 5) is 34.3. The van der Waals surface area contributed by atoms with Gasteiger partial charge in [-0.05, 0) is 32.0 Å². The third-order valence-electron chi connectivity index (χ3n) is 2.88. The average molecular weight is 337 g/mol. The third kappa shape index (κ3) is 6.55. The van der Waals surface area contributed by atoms with Gasteiger partial charge in [0.15, 0.2) is 18.1 Å². The molecule has 4 N–H and O–H groups in total. The van der Waals surface area contributed by atoms with Crippen LogP contribution in [0.3, 0.4) is 0 Å². The van der Waals surface area contributed by atoms with Gasteiger partial charge in [0.25, 0.3) is 11.8 Å². The number of ether oxygens (including phenoxy) is 2. The molecule has 0 atom stereocenters. The van der Waals surface area contributed by atoms with Crippen molar-refractivity contribution in [3.63, 3.8) is 0 Å². The number of carbonyl (C=O) groups is 3. The number of nitrogens with two attached hydrogens (primary N) is 1. The number of carbonyl (C=O) groups excluding carboxylic acids is 3. The van der Waals surface area contributed by atoms with Crippen LogP contribution in [0.1, 0.15) is 30.6 Å². The van der Waals surface area contributed by atoms with Crippen LogP contribution < -0.4 is 25.8 Å². The van der Waals surface area contributed by atoms with Crippen LogP contribution in [0.25, 0.3) is 0 Å². The van der Waals surface area contributed by atoms with Crippen LogP contribution in [0.2, 0.25) is 0 Å². The Morgan fingerprint density at radius 3 is 2.50 bits per heavy atom. The summed E-state index contributed by atoms with van der Waals surface area (Å²) >= 11 is 0. The van der Waals surface area contributed by atoms with Crippen LogP contribution in [0, 0.1) is 0 Å². The number of primary amides is 1. The summed E-state index contributed by atoms with van der Waals surface area (Å²) in [7, 11) is 1.42. The zero-order chi connectivity index (χ0) is 18.1. The first-order valence-electron chi connectivity index (χ1n) is 7.50. The number of hydrogen-bond acceptors (Lipinski definition) is 5. The molecule has 0 aliphatic carbocycles. The van der Waals surface area contributed by atoms with E-state index < -0.39 is 5.91 Å². The lowest BCUT2D eigenvalue weighted by atomic mass is 10.2. The largest absolute Gasteiger partial charge is 0.493 e. The summed E-state index contributed by atoms with van der Waals surface area (Å²) in [6.45, 7) is 3.67. The fraction of sp³-hybridized carbons (Fsp3) is 0.438. The predicted octanol–water partition coefficient (Wildman–Crippen LogP) is 0.204. The minimum atomic E-state index is -0.612. The fourth-order valence-corrected chi connectivity index (χ4v) is 1.86. The smallest absolute Gasteiger partial charge is 0.255 e. The van der Waals surface area contributed by atoms with E-state index in [2.05, 4.69) is 10.6 Å².